The summed E-state index contributed by atoms with van der Waals surface area (Å²) < 4.78 is 85.8. The van der Waals surface area contributed by atoms with Gasteiger partial charge in [0.25, 0.3) is 0 Å². The van der Waals surface area contributed by atoms with Crippen molar-refractivity contribution in [2.75, 3.05) is 23.3 Å². The van der Waals surface area contributed by atoms with E-state index in [0.29, 0.717) is 10.4 Å². The highest BCUT2D eigenvalue weighted by Gasteiger charge is 2.27. The van der Waals surface area contributed by atoms with Gasteiger partial charge in [-0.1, -0.05) is 11.6 Å². The number of alkyl halides is 2. The van der Waals surface area contributed by atoms with Crippen molar-refractivity contribution in [3.05, 3.63) is 28.5 Å². The molecule has 1 aromatic rings. The highest BCUT2D eigenvalue weighted by Crippen LogP contribution is 2.32. The molecule has 26 heavy (non-hydrogen) atoms. The van der Waals surface area contributed by atoms with Crippen LogP contribution in [-0.4, -0.2) is 52.7 Å². The second-order valence-corrected chi connectivity index (χ2v) is 8.49. The van der Waals surface area contributed by atoms with Crippen LogP contribution in [0.25, 0.3) is 0 Å². The average Bonchev–Trinajstić information content (AvgIpc) is 2.54. The molecule has 0 radical (unpaired) electrons. The quantitative estimate of drug-likeness (QED) is 0.562. The Kier molecular flexibility index (Phi) is 8.31. The summed E-state index contributed by atoms with van der Waals surface area (Å²) in [6, 6.07) is 1.53. The Morgan fingerprint density at radius 1 is 1.42 bits per heavy atom. The van der Waals surface area contributed by atoms with Crippen LogP contribution in [0.4, 0.5) is 18.9 Å². The first-order valence-corrected chi connectivity index (χ1v) is 10.1. The molecule has 7 nitrogen and oxygen atoms in total. The van der Waals surface area contributed by atoms with E-state index in [9.17, 15) is 35.1 Å². The molecule has 148 valence electrons. The zero-order valence-corrected chi connectivity index (χ0v) is 15.4. The Morgan fingerprint density at radius 3 is 2.54 bits per heavy atom. The summed E-state index contributed by atoms with van der Waals surface area (Å²) in [5, 5.41) is 8.19. The molecule has 0 fully saturated rings. The van der Waals surface area contributed by atoms with Gasteiger partial charge in [0.05, 0.1) is 23.1 Å². The number of aromatic carboxylic acids is 1. The van der Waals surface area contributed by atoms with Crippen LogP contribution in [0, 0.1) is 5.82 Å². The Balaban J connectivity index is 3.07. The standard InChI is InChI=1S/C13H15ClF3NO6S2/c14-12-9(3-2-8(16)11(12)13(19)20)18(25(21)22)6-4-10(17)26(23,24)7-1-5-15/h2-3,10H,1,4-7H2,(H,19,20)(H,21,22)/p-1. The lowest BCUT2D eigenvalue weighted by atomic mass is 10.2. The summed E-state index contributed by atoms with van der Waals surface area (Å²) in [6.45, 7) is -1.66. The summed E-state index contributed by atoms with van der Waals surface area (Å²) in [4.78, 5) is 11.0. The van der Waals surface area contributed by atoms with Crippen LogP contribution in [0.5, 0.6) is 0 Å². The number of hydrogen-bond acceptors (Lipinski definition) is 5. The topological polar surface area (TPSA) is 115 Å². The number of halogens is 4. The molecule has 1 N–H and O–H groups in total. The Bertz CT molecular complexity index is 792. The van der Waals surface area contributed by atoms with Crippen LogP contribution >= 0.6 is 11.6 Å². The van der Waals surface area contributed by atoms with Crippen LogP contribution in [0.15, 0.2) is 12.1 Å². The molecule has 0 aliphatic carbocycles. The van der Waals surface area contributed by atoms with Gasteiger partial charge in [-0.25, -0.2) is 22.0 Å². The minimum Gasteiger partial charge on any atom is -0.755 e. The van der Waals surface area contributed by atoms with E-state index in [1.807, 2.05) is 0 Å². The zero-order valence-electron chi connectivity index (χ0n) is 13.0. The van der Waals surface area contributed by atoms with Gasteiger partial charge in [-0.05, 0) is 18.6 Å². The molecule has 0 saturated heterocycles. The molecular formula is C13H14ClF3NO6S2-. The number of rotatable bonds is 10. The number of nitrogens with zero attached hydrogens (tertiary/aromatic N) is 1. The second kappa shape index (κ2) is 9.53. The largest absolute Gasteiger partial charge is 0.755 e. The third kappa shape index (κ3) is 5.56. The third-order valence-electron chi connectivity index (χ3n) is 3.24. The van der Waals surface area contributed by atoms with E-state index in [2.05, 4.69) is 0 Å². The summed E-state index contributed by atoms with van der Waals surface area (Å²) in [5.74, 6) is -3.70. The Morgan fingerprint density at radius 2 is 2.04 bits per heavy atom. The zero-order chi connectivity index (χ0) is 20.1. The summed E-state index contributed by atoms with van der Waals surface area (Å²) in [5.41, 5.74) is -3.89. The molecule has 0 saturated carbocycles. The number of carboxylic acids is 1. The van der Waals surface area contributed by atoms with Crippen LogP contribution in [0.1, 0.15) is 23.2 Å². The maximum Gasteiger partial charge on any atom is 0.340 e. The first kappa shape index (κ1) is 22.7. The van der Waals surface area contributed by atoms with Gasteiger partial charge in [-0.2, -0.15) is 0 Å². The first-order chi connectivity index (χ1) is 12.0. The maximum atomic E-state index is 13.9. The molecule has 0 amide bonds. The van der Waals surface area contributed by atoms with Crippen molar-refractivity contribution in [1.29, 1.82) is 0 Å². The minimum atomic E-state index is -4.29. The monoisotopic (exact) mass is 436 g/mol. The van der Waals surface area contributed by atoms with E-state index in [4.69, 9.17) is 16.7 Å². The lowest BCUT2D eigenvalue weighted by Crippen LogP contribution is -2.31. The lowest BCUT2D eigenvalue weighted by Gasteiger charge is -2.28. The average molecular weight is 437 g/mol. The normalized spacial score (nSPS) is 14.0. The van der Waals surface area contributed by atoms with Crippen molar-refractivity contribution in [3.8, 4) is 0 Å². The van der Waals surface area contributed by atoms with Gasteiger partial charge in [0.15, 0.2) is 9.84 Å². The fourth-order valence-corrected chi connectivity index (χ4v) is 4.17. The van der Waals surface area contributed by atoms with Gasteiger partial charge in [0.2, 0.25) is 5.50 Å². The van der Waals surface area contributed by atoms with Gasteiger partial charge in [-0.15, -0.1) is 0 Å². The minimum absolute atomic E-state index is 0.397. The lowest BCUT2D eigenvalue weighted by molar-refractivity contribution is 0.0692. The smallest absolute Gasteiger partial charge is 0.340 e. The summed E-state index contributed by atoms with van der Waals surface area (Å²) >= 11 is 2.65. The van der Waals surface area contributed by atoms with Gasteiger partial charge in [0.1, 0.15) is 11.4 Å². The van der Waals surface area contributed by atoms with Crippen LogP contribution < -0.4 is 4.31 Å². The summed E-state index contributed by atoms with van der Waals surface area (Å²) in [6.07, 6.45) is -1.20. The van der Waals surface area contributed by atoms with Gasteiger partial charge >= 0.3 is 5.97 Å². The van der Waals surface area contributed by atoms with E-state index >= 15 is 0 Å². The molecular weight excluding hydrogens is 423 g/mol. The van der Waals surface area contributed by atoms with Crippen molar-refractivity contribution in [2.24, 2.45) is 0 Å². The molecule has 1 rings (SSSR count). The molecule has 0 spiro atoms. The molecule has 0 heterocycles. The van der Waals surface area contributed by atoms with Crippen molar-refractivity contribution in [1.82, 2.24) is 0 Å². The molecule has 2 atom stereocenters. The van der Waals surface area contributed by atoms with E-state index in [0.717, 1.165) is 6.07 Å². The number of hydrogen-bond donors (Lipinski definition) is 1. The second-order valence-electron chi connectivity index (χ2n) is 4.99. The predicted octanol–water partition coefficient (Wildman–Crippen LogP) is 2.24. The molecule has 0 bridgehead atoms. The molecule has 2 unspecified atom stereocenters. The van der Waals surface area contributed by atoms with Gasteiger partial charge < -0.3 is 14.0 Å². The Labute approximate surface area is 155 Å². The van der Waals surface area contributed by atoms with Crippen molar-refractivity contribution in [3.63, 3.8) is 0 Å². The van der Waals surface area contributed by atoms with Crippen LogP contribution in [0.2, 0.25) is 5.02 Å². The van der Waals surface area contributed by atoms with E-state index < -0.39 is 86.5 Å². The van der Waals surface area contributed by atoms with E-state index in [-0.39, 0.29) is 0 Å². The number of carboxylic acid groups (broad SMARTS) is 1. The van der Waals surface area contributed by atoms with Crippen molar-refractivity contribution >= 4 is 44.4 Å². The SMILES string of the molecule is O=C(O)c1c(F)ccc(N(CCC(F)S(=O)(=O)CCCF)S(=O)[O-])c1Cl. The molecule has 13 heteroatoms. The number of sulfone groups is 1. The van der Waals surface area contributed by atoms with Crippen molar-refractivity contribution in [2.45, 2.75) is 18.3 Å². The van der Waals surface area contributed by atoms with Crippen LogP contribution in [0.3, 0.4) is 0 Å². The van der Waals surface area contributed by atoms with E-state index in [1.54, 1.807) is 0 Å². The van der Waals surface area contributed by atoms with E-state index in [1.165, 1.54) is 0 Å². The molecule has 1 aromatic carbocycles. The molecule has 0 aliphatic rings. The fourth-order valence-electron chi connectivity index (χ4n) is 1.99. The predicted molar refractivity (Wildman–Crippen MR) is 88.5 cm³/mol. The third-order valence-corrected chi connectivity index (χ3v) is 6.24. The number of benzene rings is 1. The summed E-state index contributed by atoms with van der Waals surface area (Å²) in [7, 11) is -4.29. The fraction of sp³-hybridized carbons (Fsp3) is 0.462. The van der Waals surface area contributed by atoms with Gasteiger partial charge in [-0.3, -0.25) is 8.60 Å². The first-order valence-electron chi connectivity index (χ1n) is 7.02. The highest BCUT2D eigenvalue weighted by atomic mass is 35.5. The number of carbonyl (C=O) groups is 1. The highest BCUT2D eigenvalue weighted by molar-refractivity contribution is 7.91. The maximum absolute atomic E-state index is 13.9. The Hall–Kier alpha value is -1.37. The van der Waals surface area contributed by atoms with Crippen LogP contribution in [-0.2, 0) is 21.1 Å². The number of anilines is 1. The molecule has 0 aromatic heterocycles. The van der Waals surface area contributed by atoms with Crippen molar-refractivity contribution < 1.29 is 40.3 Å². The molecule has 0 aliphatic heterocycles. The van der Waals surface area contributed by atoms with Gasteiger partial charge in [0, 0.05) is 24.2 Å².